The third-order valence-electron chi connectivity index (χ3n) is 7.78. The van der Waals surface area contributed by atoms with Gasteiger partial charge in [0.1, 0.15) is 12.4 Å². The summed E-state index contributed by atoms with van der Waals surface area (Å²) in [5.74, 6) is 0.941. The Balaban J connectivity index is 1.21. The molecular formula is C33H36N4O. The first-order valence-electron chi connectivity index (χ1n) is 13.7. The molecule has 5 nitrogen and oxygen atoms in total. The number of nitrogens with zero attached hydrogens (tertiary/aromatic N) is 4. The zero-order valence-corrected chi connectivity index (χ0v) is 22.1. The topological polar surface area (TPSA) is 22.2 Å². The molecule has 5 heteroatoms. The number of ether oxygens (including phenoxy) is 1. The van der Waals surface area contributed by atoms with Crippen molar-refractivity contribution in [3.63, 3.8) is 0 Å². The second kappa shape index (κ2) is 11.4. The normalized spacial score (nSPS) is 16.8. The molecule has 6 rings (SSSR count). The van der Waals surface area contributed by atoms with Crippen molar-refractivity contribution in [2.75, 3.05) is 31.2 Å². The standard InChI is InChI=1S/C33H36N4O/c1-27(35(24-28-12-4-2-5-13-28)25-29-14-6-3-7-15-29)34-20-22-36(23-21-34)37-31-17-9-8-16-30(31)26-38-33-19-11-10-18-32(33)37/h2-19,27H,20-26H2,1H3. The van der Waals surface area contributed by atoms with Crippen molar-refractivity contribution >= 4 is 11.4 Å². The fourth-order valence-electron chi connectivity index (χ4n) is 5.66. The van der Waals surface area contributed by atoms with Crippen molar-refractivity contribution in [1.82, 2.24) is 14.8 Å². The van der Waals surface area contributed by atoms with E-state index in [9.17, 15) is 0 Å². The lowest BCUT2D eigenvalue weighted by Crippen LogP contribution is -2.57. The summed E-state index contributed by atoms with van der Waals surface area (Å²) in [4.78, 5) is 5.24. The minimum absolute atomic E-state index is 0.324. The highest BCUT2D eigenvalue weighted by Gasteiger charge is 2.31. The predicted molar refractivity (Wildman–Crippen MR) is 154 cm³/mol. The fourth-order valence-corrected chi connectivity index (χ4v) is 5.66. The van der Waals surface area contributed by atoms with E-state index in [-0.39, 0.29) is 0 Å². The van der Waals surface area contributed by atoms with Crippen LogP contribution in [0.25, 0.3) is 0 Å². The molecule has 1 fully saturated rings. The van der Waals surface area contributed by atoms with Gasteiger partial charge in [0.25, 0.3) is 0 Å². The summed E-state index contributed by atoms with van der Waals surface area (Å²) in [5, 5.41) is 4.89. The van der Waals surface area contributed by atoms with E-state index >= 15 is 0 Å². The molecule has 4 aromatic rings. The first-order valence-corrected chi connectivity index (χ1v) is 13.7. The third-order valence-corrected chi connectivity index (χ3v) is 7.78. The van der Waals surface area contributed by atoms with Gasteiger partial charge in [0, 0.05) is 44.8 Å². The molecule has 0 spiro atoms. The lowest BCUT2D eigenvalue weighted by Gasteiger charge is -2.46. The lowest BCUT2D eigenvalue weighted by atomic mass is 10.1. The minimum Gasteiger partial charge on any atom is -0.487 e. The van der Waals surface area contributed by atoms with E-state index in [1.165, 1.54) is 22.4 Å². The zero-order valence-electron chi connectivity index (χ0n) is 22.1. The smallest absolute Gasteiger partial charge is 0.144 e. The van der Waals surface area contributed by atoms with Gasteiger partial charge in [-0.3, -0.25) is 14.8 Å². The largest absolute Gasteiger partial charge is 0.487 e. The molecule has 0 saturated carbocycles. The minimum atomic E-state index is 0.324. The van der Waals surface area contributed by atoms with Crippen LogP contribution in [-0.2, 0) is 19.7 Å². The van der Waals surface area contributed by atoms with Crippen molar-refractivity contribution < 1.29 is 4.74 Å². The Kier molecular flexibility index (Phi) is 7.40. The number of para-hydroxylation sites is 3. The fraction of sp³-hybridized carbons (Fsp3) is 0.273. The average molecular weight is 505 g/mol. The first kappa shape index (κ1) is 24.7. The highest BCUT2D eigenvalue weighted by Crippen LogP contribution is 2.40. The van der Waals surface area contributed by atoms with Crippen molar-refractivity contribution in [2.24, 2.45) is 0 Å². The summed E-state index contributed by atoms with van der Waals surface area (Å²) in [6.07, 6.45) is 0.324. The third kappa shape index (κ3) is 5.32. The van der Waals surface area contributed by atoms with E-state index < -0.39 is 0 Å². The van der Waals surface area contributed by atoms with Gasteiger partial charge in [-0.15, -0.1) is 0 Å². The number of anilines is 2. The van der Waals surface area contributed by atoms with Crippen molar-refractivity contribution in [1.29, 1.82) is 0 Å². The summed E-state index contributed by atoms with van der Waals surface area (Å²) in [5.41, 5.74) is 6.26. The maximum absolute atomic E-state index is 6.21. The zero-order chi connectivity index (χ0) is 25.7. The van der Waals surface area contributed by atoms with E-state index in [2.05, 4.69) is 136 Å². The van der Waals surface area contributed by atoms with Gasteiger partial charge in [-0.1, -0.05) is 91.0 Å². The second-order valence-electron chi connectivity index (χ2n) is 10.2. The average Bonchev–Trinajstić information content (AvgIpc) is 3.15. The van der Waals surface area contributed by atoms with E-state index in [0.29, 0.717) is 12.8 Å². The van der Waals surface area contributed by atoms with Crippen molar-refractivity contribution in [3.8, 4) is 5.75 Å². The summed E-state index contributed by atoms with van der Waals surface area (Å²) in [7, 11) is 0. The number of hydrazine groups is 1. The number of piperazine rings is 1. The highest BCUT2D eigenvalue weighted by atomic mass is 16.5. The van der Waals surface area contributed by atoms with Crippen LogP contribution in [-0.4, -0.2) is 47.2 Å². The molecule has 0 N–H and O–H groups in total. The lowest BCUT2D eigenvalue weighted by molar-refractivity contribution is 0.00847. The summed E-state index contributed by atoms with van der Waals surface area (Å²) < 4.78 is 6.21. The van der Waals surface area contributed by atoms with E-state index in [0.717, 1.165) is 50.7 Å². The Labute approximate surface area is 226 Å². The maximum Gasteiger partial charge on any atom is 0.144 e. The Hall–Kier alpha value is -3.64. The van der Waals surface area contributed by atoms with Gasteiger partial charge >= 0.3 is 0 Å². The quantitative estimate of drug-likeness (QED) is 0.294. The molecule has 194 valence electrons. The highest BCUT2D eigenvalue weighted by molar-refractivity contribution is 5.71. The molecule has 1 atom stereocenters. The number of benzene rings is 4. The molecule has 38 heavy (non-hydrogen) atoms. The summed E-state index contributed by atoms with van der Waals surface area (Å²) >= 11 is 0. The van der Waals surface area contributed by atoms with Crippen molar-refractivity contribution in [3.05, 3.63) is 126 Å². The number of rotatable bonds is 7. The Bertz CT molecular complexity index is 1230. The molecular weight excluding hydrogens is 468 g/mol. The van der Waals surface area contributed by atoms with Gasteiger partial charge in [-0.05, 0) is 36.2 Å². The molecule has 2 aliphatic heterocycles. The molecule has 0 aromatic heterocycles. The second-order valence-corrected chi connectivity index (χ2v) is 10.2. The van der Waals surface area contributed by atoms with Crippen LogP contribution in [0.4, 0.5) is 11.4 Å². The molecule has 2 aliphatic rings. The van der Waals surface area contributed by atoms with Crippen LogP contribution in [0.15, 0.2) is 109 Å². The maximum atomic E-state index is 6.21. The van der Waals surface area contributed by atoms with Crippen LogP contribution in [0.2, 0.25) is 0 Å². The molecule has 1 unspecified atom stereocenters. The van der Waals surface area contributed by atoms with Crippen LogP contribution >= 0.6 is 0 Å². The molecule has 0 amide bonds. The van der Waals surface area contributed by atoms with Gasteiger partial charge in [-0.2, -0.15) is 0 Å². The monoisotopic (exact) mass is 504 g/mol. The van der Waals surface area contributed by atoms with Crippen LogP contribution in [0.1, 0.15) is 23.6 Å². The molecule has 4 aromatic carbocycles. The van der Waals surface area contributed by atoms with Crippen LogP contribution < -0.4 is 9.75 Å². The van der Waals surface area contributed by atoms with Gasteiger partial charge in [-0.25, -0.2) is 5.01 Å². The van der Waals surface area contributed by atoms with Crippen LogP contribution in [0, 0.1) is 0 Å². The van der Waals surface area contributed by atoms with Gasteiger partial charge in [0.15, 0.2) is 0 Å². The molecule has 0 radical (unpaired) electrons. The van der Waals surface area contributed by atoms with Gasteiger partial charge < -0.3 is 4.74 Å². The molecule has 0 aliphatic carbocycles. The Morgan fingerprint density at radius 1 is 0.658 bits per heavy atom. The van der Waals surface area contributed by atoms with E-state index in [1.54, 1.807) is 0 Å². The Morgan fingerprint density at radius 2 is 1.21 bits per heavy atom. The van der Waals surface area contributed by atoms with Crippen LogP contribution in [0.5, 0.6) is 5.75 Å². The van der Waals surface area contributed by atoms with Gasteiger partial charge in [0.2, 0.25) is 0 Å². The SMILES string of the molecule is CC(N1CCN(N2c3ccccc3COc3ccccc32)CC1)N(Cc1ccccc1)Cc1ccccc1. The summed E-state index contributed by atoms with van der Waals surface area (Å²) in [6, 6.07) is 38.7. The predicted octanol–water partition coefficient (Wildman–Crippen LogP) is 6.30. The summed E-state index contributed by atoms with van der Waals surface area (Å²) in [6.45, 7) is 8.74. The molecule has 1 saturated heterocycles. The number of hydrogen-bond acceptors (Lipinski definition) is 5. The number of hydrogen-bond donors (Lipinski definition) is 0. The van der Waals surface area contributed by atoms with Crippen molar-refractivity contribution in [2.45, 2.75) is 32.8 Å². The van der Waals surface area contributed by atoms with E-state index in [4.69, 9.17) is 4.74 Å². The molecule has 0 bridgehead atoms. The molecule has 2 heterocycles. The van der Waals surface area contributed by atoms with Gasteiger partial charge in [0.05, 0.1) is 17.5 Å². The first-order chi connectivity index (χ1) is 18.8. The van der Waals surface area contributed by atoms with Crippen LogP contribution in [0.3, 0.4) is 0 Å². The number of fused-ring (bicyclic) bond motifs is 2. The van der Waals surface area contributed by atoms with E-state index in [1.807, 2.05) is 0 Å². The Morgan fingerprint density at radius 3 is 1.87 bits per heavy atom.